The predicted octanol–water partition coefficient (Wildman–Crippen LogP) is 2.67. The molecule has 0 aromatic heterocycles. The van der Waals surface area contributed by atoms with Crippen molar-refractivity contribution in [2.45, 2.75) is 0 Å². The van der Waals surface area contributed by atoms with Gasteiger partial charge in [0.2, 0.25) is 11.5 Å². The molecule has 0 aliphatic heterocycles. The van der Waals surface area contributed by atoms with E-state index in [0.717, 1.165) is 0 Å². The molecular weight excluding hydrogens is 352 g/mol. The number of rotatable bonds is 6. The summed E-state index contributed by atoms with van der Waals surface area (Å²) in [5.41, 5.74) is 0.433. The van der Waals surface area contributed by atoms with Gasteiger partial charge in [-0.1, -0.05) is 5.92 Å². The third-order valence-electron chi connectivity index (χ3n) is 3.72. The monoisotopic (exact) mass is 372 g/mol. The molecule has 7 heteroatoms. The second kappa shape index (κ2) is 8.72. The molecule has 2 aromatic rings. The van der Waals surface area contributed by atoms with Gasteiger partial charge in [0, 0.05) is 17.7 Å². The van der Waals surface area contributed by atoms with Gasteiger partial charge in [0.05, 0.1) is 35.5 Å². The number of carbonyl (C=O) groups excluding carboxylic acids is 1. The standard InChI is InChI=1S/C20H20O7/c1-23-13-10-15(22)19(16(11-13)24-2)14(21)7-6-12-8-17(25-3)20(27-5)18(9-12)26-4/h8-11,22H,1-5H3. The van der Waals surface area contributed by atoms with Crippen LogP contribution in [0.25, 0.3) is 0 Å². The molecule has 0 radical (unpaired) electrons. The summed E-state index contributed by atoms with van der Waals surface area (Å²) in [4.78, 5) is 12.5. The first-order valence-corrected chi connectivity index (χ1v) is 7.80. The molecule has 0 spiro atoms. The normalized spacial score (nSPS) is 9.67. The van der Waals surface area contributed by atoms with Crippen LogP contribution in [0.4, 0.5) is 0 Å². The lowest BCUT2D eigenvalue weighted by Gasteiger charge is -2.12. The number of carbonyl (C=O) groups is 1. The van der Waals surface area contributed by atoms with Crippen molar-refractivity contribution in [3.05, 3.63) is 35.4 Å². The third kappa shape index (κ3) is 4.18. The molecule has 0 saturated heterocycles. The van der Waals surface area contributed by atoms with Crippen molar-refractivity contribution >= 4 is 5.78 Å². The topological polar surface area (TPSA) is 83.5 Å². The fraction of sp³-hybridized carbons (Fsp3) is 0.250. The number of ketones is 1. The summed E-state index contributed by atoms with van der Waals surface area (Å²) >= 11 is 0. The van der Waals surface area contributed by atoms with E-state index < -0.39 is 5.78 Å². The minimum atomic E-state index is -0.610. The molecule has 0 heterocycles. The highest BCUT2D eigenvalue weighted by Gasteiger charge is 2.18. The molecule has 0 aliphatic rings. The SMILES string of the molecule is COc1cc(O)c(C(=O)C#Cc2cc(OC)c(OC)c(OC)c2)c(OC)c1. The molecule has 27 heavy (non-hydrogen) atoms. The van der Waals surface area contributed by atoms with Gasteiger partial charge in [0.25, 0.3) is 0 Å². The van der Waals surface area contributed by atoms with Crippen molar-refractivity contribution in [3.8, 4) is 46.3 Å². The minimum Gasteiger partial charge on any atom is -0.507 e. The zero-order valence-electron chi connectivity index (χ0n) is 15.7. The van der Waals surface area contributed by atoms with Gasteiger partial charge >= 0.3 is 0 Å². The van der Waals surface area contributed by atoms with Crippen molar-refractivity contribution in [3.63, 3.8) is 0 Å². The maximum Gasteiger partial charge on any atom is 0.243 e. The van der Waals surface area contributed by atoms with Crippen molar-refractivity contribution in [1.82, 2.24) is 0 Å². The Hall–Kier alpha value is -3.53. The van der Waals surface area contributed by atoms with E-state index in [0.29, 0.717) is 28.6 Å². The van der Waals surface area contributed by atoms with E-state index in [1.165, 1.54) is 47.7 Å². The summed E-state index contributed by atoms with van der Waals surface area (Å²) in [5.74, 6) is 6.11. The number of phenolic OH excluding ortho intramolecular Hbond substituents is 1. The maximum atomic E-state index is 12.5. The van der Waals surface area contributed by atoms with E-state index in [-0.39, 0.29) is 17.1 Å². The highest BCUT2D eigenvalue weighted by atomic mass is 16.5. The van der Waals surface area contributed by atoms with Crippen molar-refractivity contribution in [1.29, 1.82) is 0 Å². The van der Waals surface area contributed by atoms with Gasteiger partial charge in [-0.3, -0.25) is 4.79 Å². The zero-order chi connectivity index (χ0) is 20.0. The summed E-state index contributed by atoms with van der Waals surface area (Å²) in [7, 11) is 7.30. The van der Waals surface area contributed by atoms with Gasteiger partial charge in [-0.25, -0.2) is 0 Å². The molecule has 0 unspecified atom stereocenters. The Labute approximate surface area is 157 Å². The number of hydrogen-bond donors (Lipinski definition) is 1. The van der Waals surface area contributed by atoms with Crippen molar-refractivity contribution < 1.29 is 33.6 Å². The molecule has 0 bridgehead atoms. The Morgan fingerprint density at radius 3 is 1.89 bits per heavy atom. The van der Waals surface area contributed by atoms with Crippen LogP contribution in [-0.4, -0.2) is 46.4 Å². The molecule has 0 saturated carbocycles. The summed E-state index contributed by atoms with van der Waals surface area (Å²) in [5, 5.41) is 10.1. The predicted molar refractivity (Wildman–Crippen MR) is 98.5 cm³/mol. The Bertz CT molecular complexity index is 882. The molecule has 0 aliphatic carbocycles. The van der Waals surface area contributed by atoms with Gasteiger partial charge in [-0.15, -0.1) is 0 Å². The number of methoxy groups -OCH3 is 5. The van der Waals surface area contributed by atoms with Gasteiger partial charge < -0.3 is 28.8 Å². The first kappa shape index (κ1) is 19.8. The van der Waals surface area contributed by atoms with Crippen LogP contribution >= 0.6 is 0 Å². The van der Waals surface area contributed by atoms with E-state index >= 15 is 0 Å². The fourth-order valence-corrected chi connectivity index (χ4v) is 2.43. The number of Topliss-reactive ketones (excluding diaryl/α,β-unsaturated/α-hetero) is 1. The molecule has 2 aromatic carbocycles. The van der Waals surface area contributed by atoms with Gasteiger partial charge in [-0.05, 0) is 18.1 Å². The van der Waals surface area contributed by atoms with Gasteiger partial charge in [-0.2, -0.15) is 0 Å². The quantitative estimate of drug-likeness (QED) is 0.616. The summed E-state index contributed by atoms with van der Waals surface area (Å²) in [6.07, 6.45) is 0. The lowest BCUT2D eigenvalue weighted by molar-refractivity contribution is 0.105. The highest BCUT2D eigenvalue weighted by Crippen LogP contribution is 2.38. The molecular formula is C20H20O7. The first-order valence-electron chi connectivity index (χ1n) is 7.80. The van der Waals surface area contributed by atoms with Crippen molar-refractivity contribution in [2.75, 3.05) is 35.5 Å². The van der Waals surface area contributed by atoms with E-state index in [1.54, 1.807) is 12.1 Å². The Balaban J connectivity index is 2.45. The molecule has 7 nitrogen and oxygen atoms in total. The number of benzene rings is 2. The zero-order valence-corrected chi connectivity index (χ0v) is 15.7. The molecule has 1 N–H and O–H groups in total. The number of aromatic hydroxyl groups is 1. The molecule has 0 amide bonds. The third-order valence-corrected chi connectivity index (χ3v) is 3.72. The van der Waals surface area contributed by atoms with Crippen LogP contribution in [0, 0.1) is 11.8 Å². The summed E-state index contributed by atoms with van der Waals surface area (Å²) in [6, 6.07) is 6.05. The second-order valence-corrected chi connectivity index (χ2v) is 5.22. The van der Waals surface area contributed by atoms with Gasteiger partial charge in [0.15, 0.2) is 11.5 Å². The van der Waals surface area contributed by atoms with Crippen LogP contribution < -0.4 is 23.7 Å². The van der Waals surface area contributed by atoms with E-state index in [4.69, 9.17) is 23.7 Å². The molecule has 142 valence electrons. The van der Waals surface area contributed by atoms with Crippen LogP contribution in [0.5, 0.6) is 34.5 Å². The average molecular weight is 372 g/mol. The molecule has 2 rings (SSSR count). The number of hydrogen-bond acceptors (Lipinski definition) is 7. The Morgan fingerprint density at radius 1 is 0.815 bits per heavy atom. The average Bonchev–Trinajstić information content (AvgIpc) is 2.70. The van der Waals surface area contributed by atoms with Crippen LogP contribution in [0.1, 0.15) is 15.9 Å². The smallest absolute Gasteiger partial charge is 0.243 e. The highest BCUT2D eigenvalue weighted by molar-refractivity contribution is 6.13. The summed E-state index contributed by atoms with van der Waals surface area (Å²) < 4.78 is 26.0. The molecule has 0 atom stereocenters. The van der Waals surface area contributed by atoms with Crippen LogP contribution in [-0.2, 0) is 0 Å². The number of ether oxygens (including phenoxy) is 5. The van der Waals surface area contributed by atoms with Crippen LogP contribution in [0.3, 0.4) is 0 Å². The van der Waals surface area contributed by atoms with E-state index in [1.807, 2.05) is 0 Å². The molecule has 0 fully saturated rings. The first-order chi connectivity index (χ1) is 13.0. The van der Waals surface area contributed by atoms with Crippen LogP contribution in [0.2, 0.25) is 0 Å². The lowest BCUT2D eigenvalue weighted by Crippen LogP contribution is -2.01. The lowest BCUT2D eigenvalue weighted by atomic mass is 10.1. The second-order valence-electron chi connectivity index (χ2n) is 5.22. The maximum absolute atomic E-state index is 12.5. The van der Waals surface area contributed by atoms with E-state index in [9.17, 15) is 9.90 Å². The summed E-state index contributed by atoms with van der Waals surface area (Å²) in [6.45, 7) is 0. The number of phenols is 1. The Morgan fingerprint density at radius 2 is 1.41 bits per heavy atom. The van der Waals surface area contributed by atoms with Crippen molar-refractivity contribution in [2.24, 2.45) is 0 Å². The minimum absolute atomic E-state index is 0.0433. The largest absolute Gasteiger partial charge is 0.507 e. The van der Waals surface area contributed by atoms with E-state index in [2.05, 4.69) is 11.8 Å². The Kier molecular flexibility index (Phi) is 6.39. The van der Waals surface area contributed by atoms with Crippen LogP contribution in [0.15, 0.2) is 24.3 Å². The fourth-order valence-electron chi connectivity index (χ4n) is 2.43. The van der Waals surface area contributed by atoms with Gasteiger partial charge in [0.1, 0.15) is 22.8 Å².